The van der Waals surface area contributed by atoms with Crippen molar-refractivity contribution in [3.05, 3.63) is 41.5 Å². The highest BCUT2D eigenvalue weighted by atomic mass is 32.1. The molecule has 0 atom stereocenters. The van der Waals surface area contributed by atoms with E-state index in [-0.39, 0.29) is 6.61 Å². The van der Waals surface area contributed by atoms with Crippen LogP contribution in [-0.4, -0.2) is 16.7 Å². The molecule has 0 heterocycles. The van der Waals surface area contributed by atoms with Crippen molar-refractivity contribution >= 4 is 23.3 Å². The topological polar surface area (TPSA) is 46.2 Å². The lowest BCUT2D eigenvalue weighted by atomic mass is 10.1. The molecule has 0 aromatic heterocycles. The average Bonchev–Trinajstić information content (AvgIpc) is 2.15. The summed E-state index contributed by atoms with van der Waals surface area (Å²) in [6.07, 6.45) is 3.45. The number of thiocarbonyl (C=S) groups is 1. The Kier molecular flexibility index (Phi) is 3.61. The van der Waals surface area contributed by atoms with Crippen LogP contribution < -0.4 is 5.73 Å². The minimum Gasteiger partial charge on any atom is -0.392 e. The fourth-order valence-electron chi connectivity index (χ4n) is 1.05. The number of hydrogen-bond donors (Lipinski definition) is 2. The lowest BCUT2D eigenvalue weighted by molar-refractivity contribution is 0.343. The molecular formula is C10H11NOS. The van der Waals surface area contributed by atoms with E-state index in [1.807, 2.05) is 24.3 Å². The van der Waals surface area contributed by atoms with E-state index in [0.29, 0.717) is 4.99 Å². The number of hydrogen-bond acceptors (Lipinski definition) is 2. The van der Waals surface area contributed by atoms with E-state index >= 15 is 0 Å². The summed E-state index contributed by atoms with van der Waals surface area (Å²) in [5.74, 6) is 0. The first kappa shape index (κ1) is 9.89. The molecule has 68 valence electrons. The Bertz CT molecular complexity index is 333. The van der Waals surface area contributed by atoms with Crippen LogP contribution in [-0.2, 0) is 0 Å². The molecule has 0 spiro atoms. The minimum atomic E-state index is 0.0195. The lowest BCUT2D eigenvalue weighted by Gasteiger charge is -2.02. The van der Waals surface area contributed by atoms with Gasteiger partial charge in [0, 0.05) is 5.56 Å². The van der Waals surface area contributed by atoms with Gasteiger partial charge in [0.15, 0.2) is 0 Å². The first-order chi connectivity index (χ1) is 6.25. The van der Waals surface area contributed by atoms with E-state index in [1.165, 1.54) is 0 Å². The molecule has 3 heteroatoms. The van der Waals surface area contributed by atoms with Gasteiger partial charge in [0.25, 0.3) is 0 Å². The maximum absolute atomic E-state index is 8.61. The smallest absolute Gasteiger partial charge is 0.104 e. The molecule has 0 aliphatic heterocycles. The second-order valence-electron chi connectivity index (χ2n) is 2.54. The number of benzene rings is 1. The van der Waals surface area contributed by atoms with Gasteiger partial charge in [0.1, 0.15) is 4.99 Å². The SMILES string of the molecule is NC(=S)c1ccccc1C=CCO. The number of aliphatic hydroxyl groups excluding tert-OH is 1. The summed E-state index contributed by atoms with van der Waals surface area (Å²) >= 11 is 4.88. The molecule has 2 nitrogen and oxygen atoms in total. The molecule has 13 heavy (non-hydrogen) atoms. The van der Waals surface area contributed by atoms with Crippen LogP contribution in [0, 0.1) is 0 Å². The van der Waals surface area contributed by atoms with E-state index in [2.05, 4.69) is 0 Å². The maximum Gasteiger partial charge on any atom is 0.104 e. The van der Waals surface area contributed by atoms with E-state index in [1.54, 1.807) is 12.2 Å². The number of nitrogens with two attached hydrogens (primary N) is 1. The number of aliphatic hydroxyl groups is 1. The predicted octanol–water partition coefficient (Wildman–Crippen LogP) is 1.33. The van der Waals surface area contributed by atoms with E-state index in [0.717, 1.165) is 11.1 Å². The Balaban J connectivity index is 3.05. The van der Waals surface area contributed by atoms with Crippen molar-refractivity contribution in [1.29, 1.82) is 0 Å². The molecule has 1 aromatic carbocycles. The largest absolute Gasteiger partial charge is 0.392 e. The van der Waals surface area contributed by atoms with Gasteiger partial charge >= 0.3 is 0 Å². The summed E-state index contributed by atoms with van der Waals surface area (Å²) in [5.41, 5.74) is 7.29. The molecule has 0 saturated heterocycles. The summed E-state index contributed by atoms with van der Waals surface area (Å²) in [5, 5.41) is 8.61. The molecule has 0 radical (unpaired) electrons. The Labute approximate surface area is 82.7 Å². The molecule has 0 saturated carbocycles. The molecule has 0 aliphatic rings. The Hall–Kier alpha value is -1.19. The van der Waals surface area contributed by atoms with Crippen molar-refractivity contribution in [1.82, 2.24) is 0 Å². The van der Waals surface area contributed by atoms with Gasteiger partial charge in [0.05, 0.1) is 6.61 Å². The molecule has 0 aliphatic carbocycles. The Morgan fingerprint density at radius 1 is 1.46 bits per heavy atom. The zero-order chi connectivity index (χ0) is 9.68. The van der Waals surface area contributed by atoms with Gasteiger partial charge in [-0.2, -0.15) is 0 Å². The zero-order valence-electron chi connectivity index (χ0n) is 7.10. The molecular weight excluding hydrogens is 182 g/mol. The normalized spacial score (nSPS) is 10.5. The standard InChI is InChI=1S/C10H11NOS/c11-10(13)9-6-2-1-4-8(9)5-3-7-12/h1-6,12H,7H2,(H2,11,13). The van der Waals surface area contributed by atoms with Gasteiger partial charge in [-0.15, -0.1) is 0 Å². The summed E-state index contributed by atoms with van der Waals surface area (Å²) < 4.78 is 0. The minimum absolute atomic E-state index is 0.0195. The quantitative estimate of drug-likeness (QED) is 0.712. The molecule has 3 N–H and O–H groups in total. The predicted molar refractivity (Wildman–Crippen MR) is 58.4 cm³/mol. The maximum atomic E-state index is 8.61. The fraction of sp³-hybridized carbons (Fsp3) is 0.100. The van der Waals surface area contributed by atoms with Crippen LogP contribution in [0.2, 0.25) is 0 Å². The van der Waals surface area contributed by atoms with Gasteiger partial charge in [-0.25, -0.2) is 0 Å². The van der Waals surface area contributed by atoms with Crippen molar-refractivity contribution in [2.75, 3.05) is 6.61 Å². The molecule has 0 amide bonds. The van der Waals surface area contributed by atoms with Crippen LogP contribution >= 0.6 is 12.2 Å². The third kappa shape index (κ3) is 2.65. The third-order valence-corrected chi connectivity index (χ3v) is 1.85. The average molecular weight is 193 g/mol. The summed E-state index contributed by atoms with van der Waals surface area (Å²) in [6, 6.07) is 7.55. The van der Waals surface area contributed by atoms with Crippen LogP contribution in [0.15, 0.2) is 30.3 Å². The van der Waals surface area contributed by atoms with Gasteiger partial charge in [0.2, 0.25) is 0 Å². The second-order valence-corrected chi connectivity index (χ2v) is 2.98. The first-order valence-corrected chi connectivity index (χ1v) is 4.32. The fourth-order valence-corrected chi connectivity index (χ4v) is 1.23. The van der Waals surface area contributed by atoms with Crippen molar-refractivity contribution in [3.63, 3.8) is 0 Å². The Morgan fingerprint density at radius 3 is 2.77 bits per heavy atom. The van der Waals surface area contributed by atoms with Crippen LogP contribution in [0.1, 0.15) is 11.1 Å². The molecule has 1 rings (SSSR count). The van der Waals surface area contributed by atoms with Gasteiger partial charge in [-0.05, 0) is 5.56 Å². The lowest BCUT2D eigenvalue weighted by Crippen LogP contribution is -2.10. The van der Waals surface area contributed by atoms with Crippen LogP contribution in [0.5, 0.6) is 0 Å². The number of rotatable bonds is 3. The summed E-state index contributed by atoms with van der Waals surface area (Å²) in [4.78, 5) is 0.373. The van der Waals surface area contributed by atoms with Crippen molar-refractivity contribution < 1.29 is 5.11 Å². The molecule has 0 bridgehead atoms. The van der Waals surface area contributed by atoms with Crippen molar-refractivity contribution in [3.8, 4) is 0 Å². The highest BCUT2D eigenvalue weighted by Crippen LogP contribution is 2.10. The van der Waals surface area contributed by atoms with Gasteiger partial charge in [-0.3, -0.25) is 0 Å². The monoisotopic (exact) mass is 193 g/mol. The van der Waals surface area contributed by atoms with Crippen LogP contribution in [0.25, 0.3) is 6.08 Å². The van der Waals surface area contributed by atoms with E-state index in [4.69, 9.17) is 23.1 Å². The van der Waals surface area contributed by atoms with Crippen molar-refractivity contribution in [2.45, 2.75) is 0 Å². The molecule has 1 aromatic rings. The van der Waals surface area contributed by atoms with Gasteiger partial charge in [-0.1, -0.05) is 48.6 Å². The second kappa shape index (κ2) is 4.74. The highest BCUT2D eigenvalue weighted by molar-refractivity contribution is 7.80. The highest BCUT2D eigenvalue weighted by Gasteiger charge is 1.99. The first-order valence-electron chi connectivity index (χ1n) is 3.92. The van der Waals surface area contributed by atoms with Crippen LogP contribution in [0.4, 0.5) is 0 Å². The third-order valence-electron chi connectivity index (χ3n) is 1.63. The van der Waals surface area contributed by atoms with E-state index in [9.17, 15) is 0 Å². The summed E-state index contributed by atoms with van der Waals surface area (Å²) in [6.45, 7) is 0.0195. The van der Waals surface area contributed by atoms with Crippen molar-refractivity contribution in [2.24, 2.45) is 5.73 Å². The van der Waals surface area contributed by atoms with Crippen LogP contribution in [0.3, 0.4) is 0 Å². The van der Waals surface area contributed by atoms with E-state index < -0.39 is 0 Å². The molecule has 0 unspecified atom stereocenters. The molecule has 0 fully saturated rings. The zero-order valence-corrected chi connectivity index (χ0v) is 7.92. The summed E-state index contributed by atoms with van der Waals surface area (Å²) in [7, 11) is 0. The Morgan fingerprint density at radius 2 is 2.15 bits per heavy atom. The van der Waals surface area contributed by atoms with Gasteiger partial charge < -0.3 is 10.8 Å².